The molecule has 0 unspecified atom stereocenters. The van der Waals surface area contributed by atoms with E-state index in [-0.39, 0.29) is 5.91 Å². The van der Waals surface area contributed by atoms with Crippen molar-refractivity contribution in [3.05, 3.63) is 76.2 Å². The number of benzene rings is 2. The zero-order chi connectivity index (χ0) is 23.8. The molecule has 1 N–H and O–H groups in total. The molecule has 3 heterocycles. The number of furan rings is 1. The number of carbonyl (C=O) groups is 1. The number of rotatable bonds is 5. The predicted molar refractivity (Wildman–Crippen MR) is 142 cm³/mol. The second kappa shape index (κ2) is 9.50. The van der Waals surface area contributed by atoms with Gasteiger partial charge in [-0.2, -0.15) is 0 Å². The van der Waals surface area contributed by atoms with Crippen LogP contribution in [0.4, 0.5) is 5.69 Å². The summed E-state index contributed by atoms with van der Waals surface area (Å²) in [6, 6.07) is 15.1. The van der Waals surface area contributed by atoms with E-state index < -0.39 is 0 Å². The topological polar surface area (TPSA) is 45.5 Å². The zero-order valence-electron chi connectivity index (χ0n) is 20.7. The maximum atomic E-state index is 13.1. The van der Waals surface area contributed by atoms with E-state index in [1.807, 2.05) is 6.08 Å². The van der Waals surface area contributed by atoms with Crippen molar-refractivity contribution in [1.82, 2.24) is 4.90 Å². The quantitative estimate of drug-likeness (QED) is 0.428. The minimum Gasteiger partial charge on any atom is -0.461 e. The Bertz CT molecular complexity index is 1280. The summed E-state index contributed by atoms with van der Waals surface area (Å²) in [5.74, 6) is 1.86. The molecule has 1 amide bonds. The molecule has 1 saturated heterocycles. The van der Waals surface area contributed by atoms with Crippen LogP contribution in [0.15, 0.2) is 46.9 Å². The van der Waals surface area contributed by atoms with Crippen LogP contribution in [0.3, 0.4) is 0 Å². The number of anilines is 1. The number of nitrogens with zero attached hydrogens (tertiary/aromatic N) is 1. The first-order chi connectivity index (χ1) is 17.2. The summed E-state index contributed by atoms with van der Waals surface area (Å²) >= 11 is 0. The highest BCUT2D eigenvalue weighted by Crippen LogP contribution is 2.41. The fourth-order valence-electron chi connectivity index (χ4n) is 5.86. The van der Waals surface area contributed by atoms with Gasteiger partial charge in [0.2, 0.25) is 0 Å². The molecular weight excluding hydrogens is 432 g/mol. The standard InChI is InChI=1S/C31H34N2O2/c1-21-9-12-23(13-10-21)30-24-7-3-4-8-28(24)35-29(30)20-26-25-19-22(11-14-27(25)32-31(26)34)15-18-33-16-5-2-6-17-33/h9-14,19-20H,2-8,15-18H2,1H3,(H,32,34). The fourth-order valence-corrected chi connectivity index (χ4v) is 5.86. The molecule has 1 aromatic heterocycles. The Balaban J connectivity index is 1.36. The molecule has 4 heteroatoms. The molecule has 0 bridgehead atoms. The molecule has 180 valence electrons. The minimum absolute atomic E-state index is 0.0441. The van der Waals surface area contributed by atoms with Gasteiger partial charge in [-0.25, -0.2) is 0 Å². The van der Waals surface area contributed by atoms with Crippen LogP contribution < -0.4 is 5.32 Å². The maximum Gasteiger partial charge on any atom is 0.256 e. The molecule has 2 aliphatic heterocycles. The lowest BCUT2D eigenvalue weighted by Crippen LogP contribution is -2.31. The molecule has 3 aliphatic rings. The lowest BCUT2D eigenvalue weighted by Gasteiger charge is -2.26. The number of aryl methyl sites for hydroxylation is 2. The van der Waals surface area contributed by atoms with Crippen LogP contribution in [0.2, 0.25) is 0 Å². The van der Waals surface area contributed by atoms with Gasteiger partial charge in [0.25, 0.3) is 5.91 Å². The van der Waals surface area contributed by atoms with Gasteiger partial charge in [-0.05, 0) is 87.9 Å². The Morgan fingerprint density at radius 3 is 2.60 bits per heavy atom. The molecule has 1 fully saturated rings. The van der Waals surface area contributed by atoms with Crippen molar-refractivity contribution < 1.29 is 9.21 Å². The van der Waals surface area contributed by atoms with Crippen LogP contribution >= 0.6 is 0 Å². The highest BCUT2D eigenvalue weighted by atomic mass is 16.3. The van der Waals surface area contributed by atoms with Gasteiger partial charge in [0.05, 0.1) is 5.57 Å². The number of amides is 1. The third-order valence-electron chi connectivity index (χ3n) is 7.85. The van der Waals surface area contributed by atoms with E-state index in [4.69, 9.17) is 4.42 Å². The fraction of sp³-hybridized carbons (Fsp3) is 0.387. The summed E-state index contributed by atoms with van der Waals surface area (Å²) in [7, 11) is 0. The van der Waals surface area contributed by atoms with Crippen LogP contribution in [0.5, 0.6) is 0 Å². The Morgan fingerprint density at radius 2 is 1.77 bits per heavy atom. The molecule has 3 aromatic rings. The molecule has 35 heavy (non-hydrogen) atoms. The van der Waals surface area contributed by atoms with Crippen molar-refractivity contribution in [3.8, 4) is 11.1 Å². The first-order valence-electron chi connectivity index (χ1n) is 13.3. The van der Waals surface area contributed by atoms with Gasteiger partial charge in [-0.15, -0.1) is 0 Å². The third-order valence-corrected chi connectivity index (χ3v) is 7.85. The lowest BCUT2D eigenvalue weighted by molar-refractivity contribution is -0.110. The summed E-state index contributed by atoms with van der Waals surface area (Å²) in [5.41, 5.74) is 8.78. The normalized spacial score (nSPS) is 19.0. The zero-order valence-corrected chi connectivity index (χ0v) is 20.7. The average molecular weight is 467 g/mol. The van der Waals surface area contributed by atoms with Crippen molar-refractivity contribution >= 4 is 23.2 Å². The molecule has 4 nitrogen and oxygen atoms in total. The van der Waals surface area contributed by atoms with E-state index in [1.165, 1.54) is 61.0 Å². The van der Waals surface area contributed by atoms with Gasteiger partial charge in [0.15, 0.2) is 0 Å². The highest BCUT2D eigenvalue weighted by molar-refractivity contribution is 6.35. The molecule has 0 saturated carbocycles. The monoisotopic (exact) mass is 466 g/mol. The van der Waals surface area contributed by atoms with Gasteiger partial charge in [-0.3, -0.25) is 4.79 Å². The molecule has 0 atom stereocenters. The number of piperidine rings is 1. The van der Waals surface area contributed by atoms with E-state index in [1.54, 1.807) is 0 Å². The van der Waals surface area contributed by atoms with E-state index >= 15 is 0 Å². The van der Waals surface area contributed by atoms with Crippen LogP contribution in [-0.2, 0) is 24.1 Å². The average Bonchev–Trinajstić information content (AvgIpc) is 3.41. The highest BCUT2D eigenvalue weighted by Gasteiger charge is 2.28. The van der Waals surface area contributed by atoms with E-state index in [0.29, 0.717) is 5.57 Å². The number of hydrogen-bond donors (Lipinski definition) is 1. The first-order valence-corrected chi connectivity index (χ1v) is 13.3. The smallest absolute Gasteiger partial charge is 0.256 e. The second-order valence-corrected chi connectivity index (χ2v) is 10.4. The van der Waals surface area contributed by atoms with Crippen LogP contribution in [0.1, 0.15) is 65.9 Å². The molecule has 2 aromatic carbocycles. The van der Waals surface area contributed by atoms with Gasteiger partial charge < -0.3 is 14.6 Å². The van der Waals surface area contributed by atoms with Gasteiger partial charge >= 0.3 is 0 Å². The van der Waals surface area contributed by atoms with E-state index in [0.717, 1.165) is 60.6 Å². The molecular formula is C31H34N2O2. The second-order valence-electron chi connectivity index (χ2n) is 10.4. The predicted octanol–water partition coefficient (Wildman–Crippen LogP) is 6.65. The summed E-state index contributed by atoms with van der Waals surface area (Å²) in [6.07, 6.45) is 11.3. The van der Waals surface area contributed by atoms with Crippen molar-refractivity contribution in [2.45, 2.75) is 58.3 Å². The van der Waals surface area contributed by atoms with E-state index in [2.05, 4.69) is 59.6 Å². The number of hydrogen-bond acceptors (Lipinski definition) is 3. The maximum absolute atomic E-state index is 13.1. The van der Waals surface area contributed by atoms with Gasteiger partial charge in [0, 0.05) is 35.3 Å². The van der Waals surface area contributed by atoms with Crippen LogP contribution in [-0.4, -0.2) is 30.4 Å². The van der Waals surface area contributed by atoms with Crippen molar-refractivity contribution in [2.75, 3.05) is 25.0 Å². The minimum atomic E-state index is -0.0441. The molecule has 0 spiro atoms. The Labute approximate surface area is 208 Å². The largest absolute Gasteiger partial charge is 0.461 e. The Hall–Kier alpha value is -3.11. The van der Waals surface area contributed by atoms with Crippen molar-refractivity contribution in [3.63, 3.8) is 0 Å². The first kappa shape index (κ1) is 22.4. The van der Waals surface area contributed by atoms with E-state index in [9.17, 15) is 4.79 Å². The number of fused-ring (bicyclic) bond motifs is 2. The van der Waals surface area contributed by atoms with Crippen LogP contribution in [0.25, 0.3) is 22.8 Å². The lowest BCUT2D eigenvalue weighted by atomic mass is 9.90. The SMILES string of the molecule is Cc1ccc(-c2c(C=C3C(=O)Nc4ccc(CCN5CCCCC5)cc43)oc3c2CCCC3)cc1. The summed E-state index contributed by atoms with van der Waals surface area (Å²) in [6.45, 7) is 5.62. The number of nitrogens with one attached hydrogen (secondary N) is 1. The molecule has 6 rings (SSSR count). The molecule has 1 aliphatic carbocycles. The summed E-state index contributed by atoms with van der Waals surface area (Å²) < 4.78 is 6.44. The number of carbonyl (C=O) groups excluding carboxylic acids is 1. The Morgan fingerprint density at radius 1 is 0.971 bits per heavy atom. The summed E-state index contributed by atoms with van der Waals surface area (Å²) in [5, 5.41) is 3.07. The third kappa shape index (κ3) is 4.48. The van der Waals surface area contributed by atoms with Crippen molar-refractivity contribution in [2.24, 2.45) is 0 Å². The van der Waals surface area contributed by atoms with Gasteiger partial charge in [-0.1, -0.05) is 42.3 Å². The van der Waals surface area contributed by atoms with Crippen LogP contribution in [0, 0.1) is 6.92 Å². The number of likely N-dealkylation sites (tertiary alicyclic amines) is 1. The molecule has 0 radical (unpaired) electrons. The van der Waals surface area contributed by atoms with Gasteiger partial charge in [0.1, 0.15) is 11.5 Å². The van der Waals surface area contributed by atoms with Crippen molar-refractivity contribution in [1.29, 1.82) is 0 Å². The summed E-state index contributed by atoms with van der Waals surface area (Å²) in [4.78, 5) is 15.6. The Kier molecular flexibility index (Phi) is 6.07.